The summed E-state index contributed by atoms with van der Waals surface area (Å²) in [5, 5.41) is 0. The average molecular weight is 260 g/mol. The Morgan fingerprint density at radius 2 is 2.09 bits per heavy atom. The minimum atomic E-state index is 1.12. The van der Waals surface area contributed by atoms with Gasteiger partial charge >= 0.3 is 0 Å². The third-order valence-corrected chi connectivity index (χ3v) is 2.83. The van der Waals surface area contributed by atoms with Crippen molar-refractivity contribution in [2.75, 3.05) is 0 Å². The van der Waals surface area contributed by atoms with Gasteiger partial charge < -0.3 is 0 Å². The molecule has 0 unspecified atom stereocenters. The fraction of sp³-hybridized carbons (Fsp3) is 0.400. The summed E-state index contributed by atoms with van der Waals surface area (Å²) < 4.78 is 1.12. The zero-order chi connectivity index (χ0) is 8.27. The number of hydrogen-bond acceptors (Lipinski definition) is 0. The van der Waals surface area contributed by atoms with Crippen molar-refractivity contribution in [3.63, 3.8) is 0 Å². The Morgan fingerprint density at radius 3 is 2.64 bits per heavy atom. The maximum absolute atomic E-state index is 2.40. The number of hydrogen-bond donors (Lipinski definition) is 0. The lowest BCUT2D eigenvalue weighted by Crippen LogP contribution is -1.88. The predicted octanol–water partition coefficient (Wildman–Crippen LogP) is 3.49. The second-order valence-electron chi connectivity index (χ2n) is 2.75. The zero-order valence-corrected chi connectivity index (χ0v) is 9.18. The maximum Gasteiger partial charge on any atom is 0.0247 e. The van der Waals surface area contributed by atoms with Gasteiger partial charge in [0, 0.05) is 4.43 Å². The van der Waals surface area contributed by atoms with E-state index in [1.165, 1.54) is 16.7 Å². The van der Waals surface area contributed by atoms with Crippen molar-refractivity contribution < 1.29 is 0 Å². The van der Waals surface area contributed by atoms with Crippen molar-refractivity contribution in [1.29, 1.82) is 0 Å². The van der Waals surface area contributed by atoms with Crippen molar-refractivity contribution in [1.82, 2.24) is 0 Å². The number of halogens is 1. The molecule has 0 saturated heterocycles. The molecule has 0 bridgehead atoms. The van der Waals surface area contributed by atoms with Crippen LogP contribution in [0.4, 0.5) is 0 Å². The van der Waals surface area contributed by atoms with Crippen molar-refractivity contribution in [2.45, 2.75) is 24.7 Å². The van der Waals surface area contributed by atoms with Crippen LogP contribution in [-0.4, -0.2) is 0 Å². The van der Waals surface area contributed by atoms with E-state index in [1.54, 1.807) is 0 Å². The molecule has 0 N–H and O–H groups in total. The smallest absolute Gasteiger partial charge is 0.0247 e. The summed E-state index contributed by atoms with van der Waals surface area (Å²) in [5.41, 5.74) is 4.34. The highest BCUT2D eigenvalue weighted by Gasteiger charge is 1.96. The van der Waals surface area contributed by atoms with Crippen LogP contribution in [0.3, 0.4) is 0 Å². The van der Waals surface area contributed by atoms with Gasteiger partial charge in [0.25, 0.3) is 0 Å². The van der Waals surface area contributed by atoms with Gasteiger partial charge in [-0.1, -0.05) is 47.7 Å². The highest BCUT2D eigenvalue weighted by molar-refractivity contribution is 14.1. The monoisotopic (exact) mass is 260 g/mol. The summed E-state index contributed by atoms with van der Waals surface area (Å²) in [7, 11) is 0. The van der Waals surface area contributed by atoms with E-state index in [4.69, 9.17) is 0 Å². The lowest BCUT2D eigenvalue weighted by Gasteiger charge is -2.03. The van der Waals surface area contributed by atoms with Gasteiger partial charge in [-0.25, -0.2) is 0 Å². The molecule has 0 fully saturated rings. The van der Waals surface area contributed by atoms with Crippen LogP contribution in [0.15, 0.2) is 18.2 Å². The first-order valence-electron chi connectivity index (χ1n) is 3.92. The molecule has 0 saturated carbocycles. The van der Waals surface area contributed by atoms with Gasteiger partial charge in [-0.05, 0) is 30.0 Å². The molecule has 1 rings (SSSR count). The maximum atomic E-state index is 2.40. The van der Waals surface area contributed by atoms with Crippen LogP contribution in [0.25, 0.3) is 0 Å². The second kappa shape index (κ2) is 4.10. The van der Waals surface area contributed by atoms with E-state index in [9.17, 15) is 0 Å². The first kappa shape index (κ1) is 9.04. The lowest BCUT2D eigenvalue weighted by molar-refractivity contribution is 1.10. The molecule has 0 aliphatic heterocycles. The van der Waals surface area contributed by atoms with Crippen LogP contribution in [0.1, 0.15) is 23.6 Å². The topological polar surface area (TPSA) is 0 Å². The minimum Gasteiger partial charge on any atom is -0.0812 e. The van der Waals surface area contributed by atoms with Crippen LogP contribution >= 0.6 is 22.6 Å². The Hall–Kier alpha value is -0.0500. The lowest BCUT2D eigenvalue weighted by atomic mass is 10.0. The Kier molecular flexibility index (Phi) is 3.37. The quantitative estimate of drug-likeness (QED) is 0.564. The van der Waals surface area contributed by atoms with Crippen molar-refractivity contribution in [2.24, 2.45) is 0 Å². The van der Waals surface area contributed by atoms with Gasteiger partial charge in [-0.2, -0.15) is 0 Å². The van der Waals surface area contributed by atoms with Crippen molar-refractivity contribution in [3.05, 3.63) is 34.9 Å². The molecule has 1 heteroatoms. The van der Waals surface area contributed by atoms with E-state index < -0.39 is 0 Å². The molecule has 1 aromatic carbocycles. The summed E-state index contributed by atoms with van der Waals surface area (Å²) in [4.78, 5) is 0. The van der Waals surface area contributed by atoms with E-state index in [0.717, 1.165) is 10.8 Å². The molecule has 11 heavy (non-hydrogen) atoms. The molecule has 0 aromatic heterocycles. The third kappa shape index (κ3) is 2.19. The number of benzene rings is 1. The van der Waals surface area contributed by atoms with Gasteiger partial charge in [-0.15, -0.1) is 0 Å². The summed E-state index contributed by atoms with van der Waals surface area (Å²) in [6.45, 7) is 4.38. The van der Waals surface area contributed by atoms with Crippen LogP contribution in [0, 0.1) is 6.92 Å². The van der Waals surface area contributed by atoms with Gasteiger partial charge in [0.2, 0.25) is 0 Å². The number of rotatable bonds is 2. The Bertz CT molecular complexity index is 241. The largest absolute Gasteiger partial charge is 0.0812 e. The van der Waals surface area contributed by atoms with Gasteiger partial charge in [-0.3, -0.25) is 0 Å². The molecule has 0 amide bonds. The Labute approximate surface area is 82.2 Å². The molecular weight excluding hydrogens is 247 g/mol. The summed E-state index contributed by atoms with van der Waals surface area (Å²) >= 11 is 2.40. The van der Waals surface area contributed by atoms with Crippen molar-refractivity contribution >= 4 is 22.6 Å². The highest BCUT2D eigenvalue weighted by Crippen LogP contribution is 2.13. The normalized spacial score (nSPS) is 10.1. The highest BCUT2D eigenvalue weighted by atomic mass is 127. The summed E-state index contributed by atoms with van der Waals surface area (Å²) in [5.74, 6) is 0. The molecule has 0 atom stereocenters. The first-order chi connectivity index (χ1) is 5.27. The summed E-state index contributed by atoms with van der Waals surface area (Å²) in [6.07, 6.45) is 1.15. The molecule has 0 radical (unpaired) electrons. The van der Waals surface area contributed by atoms with Crippen LogP contribution in [-0.2, 0) is 10.8 Å². The van der Waals surface area contributed by atoms with E-state index in [1.807, 2.05) is 0 Å². The SMILES string of the molecule is CCc1cc(CI)ccc1C. The van der Waals surface area contributed by atoms with Gasteiger partial charge in [0.15, 0.2) is 0 Å². The Morgan fingerprint density at radius 1 is 1.36 bits per heavy atom. The molecule has 0 aliphatic rings. The molecule has 0 heterocycles. The first-order valence-corrected chi connectivity index (χ1v) is 5.45. The minimum absolute atomic E-state index is 1.12. The van der Waals surface area contributed by atoms with Crippen molar-refractivity contribution in [3.8, 4) is 0 Å². The fourth-order valence-corrected chi connectivity index (χ4v) is 1.66. The Balaban J connectivity index is 3.02. The molecule has 60 valence electrons. The van der Waals surface area contributed by atoms with E-state index in [2.05, 4.69) is 54.6 Å². The molecule has 0 spiro atoms. The fourth-order valence-electron chi connectivity index (χ4n) is 1.19. The standard InChI is InChI=1S/C10H13I/c1-3-10-6-9(7-11)5-4-8(10)2/h4-6H,3,7H2,1-2H3. The number of alkyl halides is 1. The average Bonchev–Trinajstić information content (AvgIpc) is 2.05. The van der Waals surface area contributed by atoms with E-state index in [-0.39, 0.29) is 0 Å². The molecule has 0 nitrogen and oxygen atoms in total. The van der Waals surface area contributed by atoms with Crippen LogP contribution < -0.4 is 0 Å². The van der Waals surface area contributed by atoms with E-state index in [0.29, 0.717) is 0 Å². The molecule has 1 aromatic rings. The van der Waals surface area contributed by atoms with Gasteiger partial charge in [0.1, 0.15) is 0 Å². The zero-order valence-electron chi connectivity index (χ0n) is 7.02. The molecular formula is C10H13I. The van der Waals surface area contributed by atoms with E-state index >= 15 is 0 Å². The molecule has 0 aliphatic carbocycles. The van der Waals surface area contributed by atoms with Crippen LogP contribution in [0.5, 0.6) is 0 Å². The third-order valence-electron chi connectivity index (χ3n) is 1.95. The summed E-state index contributed by atoms with van der Waals surface area (Å²) in [6, 6.07) is 6.73. The van der Waals surface area contributed by atoms with Crippen LogP contribution in [0.2, 0.25) is 0 Å². The van der Waals surface area contributed by atoms with Gasteiger partial charge in [0.05, 0.1) is 0 Å². The predicted molar refractivity (Wildman–Crippen MR) is 58.3 cm³/mol. The number of aryl methyl sites for hydroxylation is 2. The second-order valence-corrected chi connectivity index (χ2v) is 3.51.